The molecule has 10 heteroatoms. The van der Waals surface area contributed by atoms with Crippen LogP contribution in [-0.2, 0) is 19.1 Å². The zero-order valence-electron chi connectivity index (χ0n) is 19.9. The van der Waals surface area contributed by atoms with Gasteiger partial charge in [-0.25, -0.2) is 4.79 Å². The molecule has 1 aliphatic carbocycles. The second-order valence-corrected chi connectivity index (χ2v) is 9.31. The third kappa shape index (κ3) is 6.89. The van der Waals surface area contributed by atoms with E-state index in [0.29, 0.717) is 11.1 Å². The van der Waals surface area contributed by atoms with E-state index in [9.17, 15) is 45.0 Å². The summed E-state index contributed by atoms with van der Waals surface area (Å²) in [6.07, 6.45) is 2.22. The Balaban J connectivity index is 1.75. The predicted octanol–water partition coefficient (Wildman–Crippen LogP) is 2.97. The number of ketones is 1. The van der Waals surface area contributed by atoms with Crippen molar-refractivity contribution in [2.24, 2.45) is 11.3 Å². The van der Waals surface area contributed by atoms with E-state index in [-0.39, 0.29) is 42.3 Å². The van der Waals surface area contributed by atoms with Crippen molar-refractivity contribution in [3.05, 3.63) is 59.7 Å². The summed E-state index contributed by atoms with van der Waals surface area (Å²) in [6, 6.07) is 7.93. The van der Waals surface area contributed by atoms with Gasteiger partial charge >= 0.3 is 11.9 Å². The Morgan fingerprint density at radius 2 is 1.43 bits per heavy atom. The molecular weight excluding hydrogens is 484 g/mol. The molecule has 1 saturated carbocycles. The molecule has 10 nitrogen and oxygen atoms in total. The Labute approximate surface area is 212 Å². The maximum atomic E-state index is 12.7. The fourth-order valence-corrected chi connectivity index (χ4v) is 4.24. The minimum Gasteiger partial charge on any atom is -0.504 e. The number of ether oxygens (including phenoxy) is 1. The molecule has 0 saturated heterocycles. The van der Waals surface area contributed by atoms with Crippen molar-refractivity contribution < 1.29 is 49.8 Å². The second-order valence-electron chi connectivity index (χ2n) is 9.31. The van der Waals surface area contributed by atoms with Crippen molar-refractivity contribution in [3.63, 3.8) is 0 Å². The van der Waals surface area contributed by atoms with Crippen LogP contribution in [0.25, 0.3) is 12.2 Å². The molecule has 2 aromatic carbocycles. The van der Waals surface area contributed by atoms with E-state index in [0.717, 1.165) is 6.08 Å². The van der Waals surface area contributed by atoms with E-state index in [1.54, 1.807) is 0 Å². The Hall–Kier alpha value is -4.31. The topological polar surface area (TPSA) is 182 Å². The molecule has 0 aliphatic heterocycles. The van der Waals surface area contributed by atoms with E-state index >= 15 is 0 Å². The Morgan fingerprint density at radius 1 is 0.892 bits per heavy atom. The van der Waals surface area contributed by atoms with Gasteiger partial charge < -0.3 is 35.4 Å². The van der Waals surface area contributed by atoms with Gasteiger partial charge in [-0.3, -0.25) is 9.59 Å². The molecule has 1 fully saturated rings. The van der Waals surface area contributed by atoms with E-state index in [4.69, 9.17) is 4.74 Å². The zero-order valence-corrected chi connectivity index (χ0v) is 19.9. The van der Waals surface area contributed by atoms with E-state index in [1.807, 2.05) is 0 Å². The summed E-state index contributed by atoms with van der Waals surface area (Å²) in [6.45, 7) is 1.43. The first-order valence-electron chi connectivity index (χ1n) is 11.4. The highest BCUT2D eigenvalue weighted by molar-refractivity contribution is 5.94. The first-order valence-corrected chi connectivity index (χ1v) is 11.4. The molecule has 3 rings (SSSR count). The number of phenolic OH excluding ortho intramolecular Hbond substituents is 4. The number of hydrogen-bond acceptors (Lipinski definition) is 9. The molecule has 4 atom stereocenters. The quantitative estimate of drug-likeness (QED) is 0.175. The number of hydrogen-bond donors (Lipinski definition) is 6. The first-order chi connectivity index (χ1) is 17.4. The van der Waals surface area contributed by atoms with Crippen LogP contribution in [0.4, 0.5) is 0 Å². The standard InChI is InChI=1S/C27H28O10/c1-27(26(35)36)13-23(33)18(12-17(28)6-2-15-3-7-19(29)21(31)10-15)24(14-27)37-25(34)9-5-16-4-8-20(30)22(32)11-16/h2-11,18,23-24,29-33H,12-14H2,1H3,(H,35,36)/b6-2-,9-5-/t18-,23+,24+,27-/m0/s1. The van der Waals surface area contributed by atoms with E-state index in [1.165, 1.54) is 61.5 Å². The van der Waals surface area contributed by atoms with Gasteiger partial charge in [0.1, 0.15) is 6.10 Å². The lowest BCUT2D eigenvalue weighted by molar-refractivity contribution is -0.171. The number of aliphatic carboxylic acids is 1. The van der Waals surface area contributed by atoms with Crippen molar-refractivity contribution in [2.75, 3.05) is 0 Å². The average Bonchev–Trinajstić information content (AvgIpc) is 2.82. The summed E-state index contributed by atoms with van der Waals surface area (Å²) >= 11 is 0. The number of allylic oxidation sites excluding steroid dienone is 1. The number of phenols is 4. The zero-order chi connectivity index (χ0) is 27.3. The van der Waals surface area contributed by atoms with Crippen molar-refractivity contribution in [1.29, 1.82) is 0 Å². The first kappa shape index (κ1) is 27.3. The fraction of sp³-hybridized carbons (Fsp3) is 0.296. The molecule has 0 amide bonds. The number of esters is 1. The van der Waals surface area contributed by atoms with E-state index < -0.39 is 41.3 Å². The molecule has 0 bridgehead atoms. The molecule has 1 aliphatic rings. The van der Waals surface area contributed by atoms with Gasteiger partial charge in [0.15, 0.2) is 28.8 Å². The number of carbonyl (C=O) groups is 3. The predicted molar refractivity (Wildman–Crippen MR) is 132 cm³/mol. The number of aliphatic hydroxyl groups is 1. The van der Waals surface area contributed by atoms with Crippen LogP contribution in [0, 0.1) is 11.3 Å². The van der Waals surface area contributed by atoms with Crippen molar-refractivity contribution in [1.82, 2.24) is 0 Å². The van der Waals surface area contributed by atoms with Gasteiger partial charge in [-0.2, -0.15) is 0 Å². The summed E-state index contributed by atoms with van der Waals surface area (Å²) in [5.41, 5.74) is -0.543. The molecule has 0 spiro atoms. The highest BCUT2D eigenvalue weighted by Gasteiger charge is 2.49. The van der Waals surface area contributed by atoms with Crippen LogP contribution in [-0.4, -0.2) is 60.6 Å². The maximum Gasteiger partial charge on any atom is 0.331 e. The molecule has 0 heterocycles. The number of benzene rings is 2. The molecule has 37 heavy (non-hydrogen) atoms. The molecule has 6 N–H and O–H groups in total. The lowest BCUT2D eigenvalue weighted by Gasteiger charge is -2.42. The normalized spacial score (nSPS) is 23.8. The van der Waals surface area contributed by atoms with Gasteiger partial charge in [0.25, 0.3) is 0 Å². The van der Waals surface area contributed by atoms with Crippen LogP contribution in [0.2, 0.25) is 0 Å². The lowest BCUT2D eigenvalue weighted by Crippen LogP contribution is -2.49. The summed E-state index contributed by atoms with van der Waals surface area (Å²) in [4.78, 5) is 37.0. The van der Waals surface area contributed by atoms with Crippen LogP contribution in [0.15, 0.2) is 48.6 Å². The second kappa shape index (κ2) is 11.2. The Kier molecular flexibility index (Phi) is 8.24. The van der Waals surface area contributed by atoms with Gasteiger partial charge in [-0.15, -0.1) is 0 Å². The van der Waals surface area contributed by atoms with E-state index in [2.05, 4.69) is 0 Å². The van der Waals surface area contributed by atoms with Crippen molar-refractivity contribution in [3.8, 4) is 23.0 Å². The molecule has 2 aromatic rings. The number of aromatic hydroxyl groups is 4. The summed E-state index contributed by atoms with van der Waals surface area (Å²) in [7, 11) is 0. The minimum atomic E-state index is -1.38. The van der Waals surface area contributed by atoms with Crippen LogP contribution < -0.4 is 0 Å². The van der Waals surface area contributed by atoms with Gasteiger partial charge in [-0.1, -0.05) is 18.2 Å². The molecule has 0 aromatic heterocycles. The maximum absolute atomic E-state index is 12.7. The van der Waals surface area contributed by atoms with Crippen LogP contribution in [0.5, 0.6) is 23.0 Å². The SMILES string of the molecule is C[C@]1(C(=O)O)C[C@@H](O)[C@H](CC(=O)/C=C\c2ccc(O)c(O)c2)[C@H](OC(=O)/C=C\c2ccc(O)c(O)c2)C1. The molecule has 0 radical (unpaired) electrons. The van der Waals surface area contributed by atoms with Gasteiger partial charge in [0.05, 0.1) is 11.5 Å². The van der Waals surface area contributed by atoms with Crippen LogP contribution in [0.3, 0.4) is 0 Å². The summed E-state index contributed by atoms with van der Waals surface area (Å²) in [5, 5.41) is 58.4. The van der Waals surface area contributed by atoms with Crippen LogP contribution in [0.1, 0.15) is 37.3 Å². The molecular formula is C27H28O10. The van der Waals surface area contributed by atoms with Gasteiger partial charge in [0, 0.05) is 24.8 Å². The highest BCUT2D eigenvalue weighted by atomic mass is 16.5. The molecule has 196 valence electrons. The minimum absolute atomic E-state index is 0.119. The number of rotatable bonds is 8. The van der Waals surface area contributed by atoms with Gasteiger partial charge in [0.2, 0.25) is 0 Å². The summed E-state index contributed by atoms with van der Waals surface area (Å²) in [5.74, 6) is -4.67. The summed E-state index contributed by atoms with van der Waals surface area (Å²) < 4.78 is 5.49. The number of carbonyl (C=O) groups excluding carboxylic acids is 2. The lowest BCUT2D eigenvalue weighted by atomic mass is 9.67. The van der Waals surface area contributed by atoms with Gasteiger partial charge in [-0.05, 0) is 60.9 Å². The fourth-order valence-electron chi connectivity index (χ4n) is 4.24. The third-order valence-electron chi connectivity index (χ3n) is 6.38. The average molecular weight is 513 g/mol. The largest absolute Gasteiger partial charge is 0.504 e. The smallest absolute Gasteiger partial charge is 0.331 e. The third-order valence-corrected chi connectivity index (χ3v) is 6.38. The van der Waals surface area contributed by atoms with Crippen molar-refractivity contribution >= 4 is 29.9 Å². The van der Waals surface area contributed by atoms with Crippen LogP contribution >= 0.6 is 0 Å². The number of carboxylic acids is 1. The molecule has 0 unspecified atom stereocenters. The number of aliphatic hydroxyl groups excluding tert-OH is 1. The highest BCUT2D eigenvalue weighted by Crippen LogP contribution is 2.42. The number of carboxylic acid groups (broad SMARTS) is 1. The Morgan fingerprint density at radius 3 is 1.95 bits per heavy atom. The Bertz CT molecular complexity index is 1250. The van der Waals surface area contributed by atoms with Crippen molar-refractivity contribution in [2.45, 2.75) is 38.4 Å². The monoisotopic (exact) mass is 512 g/mol.